The maximum atomic E-state index is 12.2. The first kappa shape index (κ1) is 14.9. The van der Waals surface area contributed by atoms with Gasteiger partial charge in [0.25, 0.3) is 0 Å². The van der Waals surface area contributed by atoms with Crippen LogP contribution in [0, 0.1) is 18.3 Å². The van der Waals surface area contributed by atoms with Crippen molar-refractivity contribution in [2.24, 2.45) is 5.10 Å². The minimum atomic E-state index is -0.401. The summed E-state index contributed by atoms with van der Waals surface area (Å²) in [6.07, 6.45) is 0. The molecule has 2 aromatic rings. The van der Waals surface area contributed by atoms with Gasteiger partial charge in [-0.3, -0.25) is 10.2 Å². The SMILES string of the molecule is Cc1ccc(C(=O)C(C#N)=NNc2ccc(Br)cc2)cc1. The van der Waals surface area contributed by atoms with Crippen LogP contribution < -0.4 is 5.43 Å². The van der Waals surface area contributed by atoms with Crippen molar-refractivity contribution in [3.63, 3.8) is 0 Å². The van der Waals surface area contributed by atoms with Crippen molar-refractivity contribution in [3.8, 4) is 6.07 Å². The van der Waals surface area contributed by atoms with Gasteiger partial charge in [-0.25, -0.2) is 0 Å². The molecule has 0 heterocycles. The molecular formula is C16H12BrN3O. The van der Waals surface area contributed by atoms with Gasteiger partial charge in [0, 0.05) is 10.0 Å². The Morgan fingerprint density at radius 2 is 1.76 bits per heavy atom. The van der Waals surface area contributed by atoms with Crippen molar-refractivity contribution >= 4 is 33.1 Å². The summed E-state index contributed by atoms with van der Waals surface area (Å²) in [7, 11) is 0. The number of hydrazone groups is 1. The van der Waals surface area contributed by atoms with Crippen LogP contribution in [0.25, 0.3) is 0 Å². The number of Topliss-reactive ketones (excluding diaryl/α,β-unsaturated/α-hetero) is 1. The first-order chi connectivity index (χ1) is 10.1. The lowest BCUT2D eigenvalue weighted by Gasteiger charge is -2.02. The number of nitrogens with one attached hydrogen (secondary N) is 1. The molecule has 0 bridgehead atoms. The standard InChI is InChI=1S/C16H12BrN3O/c1-11-2-4-12(5-3-11)16(21)15(10-18)20-19-14-8-6-13(17)7-9-14/h2-9,19H,1H3. The fourth-order valence-corrected chi connectivity index (χ4v) is 1.88. The molecule has 2 aromatic carbocycles. The van der Waals surface area contributed by atoms with Crippen LogP contribution in [0.3, 0.4) is 0 Å². The third-order valence-corrected chi connectivity index (χ3v) is 3.30. The van der Waals surface area contributed by atoms with Crippen LogP contribution >= 0.6 is 15.9 Å². The van der Waals surface area contributed by atoms with Crippen molar-refractivity contribution < 1.29 is 4.79 Å². The highest BCUT2D eigenvalue weighted by Crippen LogP contribution is 2.14. The average molecular weight is 342 g/mol. The second-order valence-corrected chi connectivity index (χ2v) is 5.30. The summed E-state index contributed by atoms with van der Waals surface area (Å²) in [5.74, 6) is -0.401. The molecule has 5 heteroatoms. The minimum absolute atomic E-state index is 0.179. The molecule has 0 radical (unpaired) electrons. The van der Waals surface area contributed by atoms with Gasteiger partial charge in [0.1, 0.15) is 6.07 Å². The maximum Gasteiger partial charge on any atom is 0.223 e. The number of hydrogen-bond acceptors (Lipinski definition) is 4. The zero-order valence-corrected chi connectivity index (χ0v) is 12.9. The molecule has 0 fully saturated rings. The average Bonchev–Trinajstić information content (AvgIpc) is 2.50. The first-order valence-electron chi connectivity index (χ1n) is 6.21. The molecule has 0 amide bonds. The van der Waals surface area contributed by atoms with Crippen molar-refractivity contribution in [2.75, 3.05) is 5.43 Å². The van der Waals surface area contributed by atoms with E-state index in [1.807, 2.05) is 37.3 Å². The van der Waals surface area contributed by atoms with Gasteiger partial charge in [0.05, 0.1) is 5.69 Å². The van der Waals surface area contributed by atoms with E-state index in [0.717, 1.165) is 10.0 Å². The van der Waals surface area contributed by atoms with Crippen LogP contribution in [0.1, 0.15) is 15.9 Å². The second-order valence-electron chi connectivity index (χ2n) is 4.39. The van der Waals surface area contributed by atoms with Crippen molar-refractivity contribution in [1.82, 2.24) is 0 Å². The normalized spacial score (nSPS) is 10.8. The lowest BCUT2D eigenvalue weighted by Crippen LogP contribution is -2.14. The quantitative estimate of drug-likeness (QED) is 0.520. The molecule has 0 aliphatic heterocycles. The molecule has 0 saturated carbocycles. The number of ketones is 1. The number of carbonyl (C=O) groups is 1. The Morgan fingerprint density at radius 1 is 1.14 bits per heavy atom. The Kier molecular flexibility index (Phi) is 4.85. The molecule has 2 rings (SSSR count). The van der Waals surface area contributed by atoms with Crippen LogP contribution in [0.2, 0.25) is 0 Å². The summed E-state index contributed by atoms with van der Waals surface area (Å²) in [5.41, 5.74) is 4.72. The van der Waals surface area contributed by atoms with E-state index in [9.17, 15) is 4.79 Å². The molecule has 0 spiro atoms. The highest BCUT2D eigenvalue weighted by molar-refractivity contribution is 9.10. The molecule has 0 saturated heterocycles. The third kappa shape index (κ3) is 4.01. The fourth-order valence-electron chi connectivity index (χ4n) is 1.61. The lowest BCUT2D eigenvalue weighted by molar-refractivity contribution is 0.106. The van der Waals surface area contributed by atoms with Gasteiger partial charge in [-0.15, -0.1) is 0 Å². The van der Waals surface area contributed by atoms with Crippen LogP contribution in [-0.4, -0.2) is 11.5 Å². The highest BCUT2D eigenvalue weighted by atomic mass is 79.9. The molecule has 0 aliphatic rings. The van der Waals surface area contributed by atoms with E-state index in [0.29, 0.717) is 11.3 Å². The third-order valence-electron chi connectivity index (χ3n) is 2.78. The summed E-state index contributed by atoms with van der Waals surface area (Å²) in [6, 6.07) is 16.1. The molecule has 4 nitrogen and oxygen atoms in total. The van der Waals surface area contributed by atoms with E-state index in [-0.39, 0.29) is 5.71 Å². The van der Waals surface area contributed by atoms with Crippen LogP contribution in [-0.2, 0) is 0 Å². The van der Waals surface area contributed by atoms with Crippen LogP contribution in [0.5, 0.6) is 0 Å². The van der Waals surface area contributed by atoms with Crippen LogP contribution in [0.15, 0.2) is 58.1 Å². The van der Waals surface area contributed by atoms with Gasteiger partial charge < -0.3 is 0 Å². The molecule has 104 valence electrons. The van der Waals surface area contributed by atoms with Crippen LogP contribution in [0.4, 0.5) is 5.69 Å². The number of nitriles is 1. The van der Waals surface area contributed by atoms with E-state index in [1.165, 1.54) is 0 Å². The summed E-state index contributed by atoms with van der Waals surface area (Å²) >= 11 is 3.33. The van der Waals surface area contributed by atoms with E-state index in [1.54, 1.807) is 24.3 Å². The van der Waals surface area contributed by atoms with Gasteiger partial charge in [0.2, 0.25) is 11.5 Å². The highest BCUT2D eigenvalue weighted by Gasteiger charge is 2.13. The van der Waals surface area contributed by atoms with Gasteiger partial charge in [-0.1, -0.05) is 45.8 Å². The van der Waals surface area contributed by atoms with Gasteiger partial charge in [0.15, 0.2) is 0 Å². The largest absolute Gasteiger partial charge is 0.286 e. The topological polar surface area (TPSA) is 65.2 Å². The Bertz CT molecular complexity index is 713. The maximum absolute atomic E-state index is 12.2. The number of hydrogen-bond donors (Lipinski definition) is 1. The number of rotatable bonds is 4. The summed E-state index contributed by atoms with van der Waals surface area (Å²) in [5, 5.41) is 13.0. The fraction of sp³-hybridized carbons (Fsp3) is 0.0625. The summed E-state index contributed by atoms with van der Waals surface area (Å²) < 4.78 is 0.938. The predicted molar refractivity (Wildman–Crippen MR) is 86.3 cm³/mol. The Balaban J connectivity index is 2.17. The minimum Gasteiger partial charge on any atom is -0.286 e. The molecule has 1 N–H and O–H groups in total. The summed E-state index contributed by atoms with van der Waals surface area (Å²) in [4.78, 5) is 12.2. The molecule has 21 heavy (non-hydrogen) atoms. The Morgan fingerprint density at radius 3 is 2.33 bits per heavy atom. The molecule has 0 aromatic heterocycles. The van der Waals surface area contributed by atoms with E-state index in [4.69, 9.17) is 5.26 Å². The van der Waals surface area contributed by atoms with E-state index >= 15 is 0 Å². The number of benzene rings is 2. The second kappa shape index (κ2) is 6.82. The Labute approximate surface area is 131 Å². The first-order valence-corrected chi connectivity index (χ1v) is 7.00. The number of carbonyl (C=O) groups excluding carboxylic acids is 1. The zero-order chi connectivity index (χ0) is 15.2. The number of halogens is 1. The van der Waals surface area contributed by atoms with Crippen molar-refractivity contribution in [3.05, 3.63) is 64.1 Å². The molecule has 0 aliphatic carbocycles. The smallest absolute Gasteiger partial charge is 0.223 e. The zero-order valence-electron chi connectivity index (χ0n) is 11.3. The van der Waals surface area contributed by atoms with Crippen molar-refractivity contribution in [2.45, 2.75) is 6.92 Å². The molecule has 0 unspecified atom stereocenters. The van der Waals surface area contributed by atoms with Gasteiger partial charge in [-0.05, 0) is 31.2 Å². The van der Waals surface area contributed by atoms with E-state index in [2.05, 4.69) is 26.5 Å². The van der Waals surface area contributed by atoms with Gasteiger partial charge in [-0.2, -0.15) is 10.4 Å². The number of aryl methyl sites for hydroxylation is 1. The van der Waals surface area contributed by atoms with E-state index < -0.39 is 5.78 Å². The number of nitrogens with zero attached hydrogens (tertiary/aromatic N) is 2. The van der Waals surface area contributed by atoms with Gasteiger partial charge >= 0.3 is 0 Å². The molecule has 0 atom stereocenters. The lowest BCUT2D eigenvalue weighted by atomic mass is 10.1. The molecular weight excluding hydrogens is 330 g/mol. The number of anilines is 1. The Hall–Kier alpha value is -2.45. The predicted octanol–water partition coefficient (Wildman–Crippen LogP) is 3.93. The van der Waals surface area contributed by atoms with Crippen molar-refractivity contribution in [1.29, 1.82) is 5.26 Å². The monoisotopic (exact) mass is 341 g/mol. The summed E-state index contributed by atoms with van der Waals surface area (Å²) in [6.45, 7) is 1.93.